The van der Waals surface area contributed by atoms with Gasteiger partial charge < -0.3 is 15.4 Å². The lowest BCUT2D eigenvalue weighted by atomic mass is 10.2. The Labute approximate surface area is 182 Å². The van der Waals surface area contributed by atoms with Crippen molar-refractivity contribution in [3.8, 4) is 5.75 Å². The zero-order valence-corrected chi connectivity index (χ0v) is 18.0. The van der Waals surface area contributed by atoms with Crippen molar-refractivity contribution in [3.05, 3.63) is 82.8 Å². The average Bonchev–Trinajstić information content (AvgIpc) is 2.74. The Morgan fingerprint density at radius 2 is 1.69 bits per heavy atom. The van der Waals surface area contributed by atoms with E-state index >= 15 is 0 Å². The van der Waals surface area contributed by atoms with Crippen molar-refractivity contribution in [2.45, 2.75) is 4.90 Å². The van der Waals surface area contributed by atoms with Crippen molar-refractivity contribution in [1.82, 2.24) is 0 Å². The molecule has 3 aromatic carbocycles. The largest absolute Gasteiger partial charge is 0.497 e. The number of carbonyl (C=O) groups is 2. The van der Waals surface area contributed by atoms with Crippen LogP contribution in [0.3, 0.4) is 0 Å². The number of hydrogen-bond acceptors (Lipinski definition) is 4. The van der Waals surface area contributed by atoms with Gasteiger partial charge in [0.25, 0.3) is 5.91 Å². The summed E-state index contributed by atoms with van der Waals surface area (Å²) >= 11 is 4.69. The van der Waals surface area contributed by atoms with Crippen LogP contribution in [-0.2, 0) is 4.79 Å². The highest BCUT2D eigenvalue weighted by molar-refractivity contribution is 9.10. The molecule has 0 fully saturated rings. The van der Waals surface area contributed by atoms with Gasteiger partial charge in [0.15, 0.2) is 0 Å². The molecule has 2 amide bonds. The van der Waals surface area contributed by atoms with Gasteiger partial charge in [-0.15, -0.1) is 11.8 Å². The van der Waals surface area contributed by atoms with Gasteiger partial charge in [0.05, 0.1) is 18.4 Å². The molecule has 0 atom stereocenters. The minimum atomic E-state index is -0.219. The maximum Gasteiger partial charge on any atom is 0.256 e. The van der Waals surface area contributed by atoms with E-state index in [2.05, 4.69) is 26.6 Å². The van der Waals surface area contributed by atoms with Crippen LogP contribution in [0.2, 0.25) is 0 Å². The SMILES string of the molecule is COc1cccc(NC(=O)CSc2ccccc2C(=O)Nc2ccc(Br)cc2)c1. The number of thioether (sulfide) groups is 1. The Bertz CT molecular complexity index is 1010. The molecule has 148 valence electrons. The van der Waals surface area contributed by atoms with E-state index in [9.17, 15) is 9.59 Å². The quantitative estimate of drug-likeness (QED) is 0.451. The maximum absolute atomic E-state index is 12.7. The molecule has 5 nitrogen and oxygen atoms in total. The molecule has 2 N–H and O–H groups in total. The summed E-state index contributed by atoms with van der Waals surface area (Å²) in [7, 11) is 1.58. The molecule has 0 spiro atoms. The van der Waals surface area contributed by atoms with E-state index in [0.29, 0.717) is 22.7 Å². The van der Waals surface area contributed by atoms with Crippen LogP contribution in [0.25, 0.3) is 0 Å². The van der Waals surface area contributed by atoms with Crippen LogP contribution in [0.1, 0.15) is 10.4 Å². The molecule has 3 aromatic rings. The zero-order chi connectivity index (χ0) is 20.6. The van der Waals surface area contributed by atoms with E-state index in [1.807, 2.05) is 48.5 Å². The fourth-order valence-corrected chi connectivity index (χ4v) is 3.67. The first-order valence-electron chi connectivity index (χ1n) is 8.78. The minimum absolute atomic E-state index is 0.161. The molecule has 0 aliphatic rings. The van der Waals surface area contributed by atoms with Crippen molar-refractivity contribution in [2.75, 3.05) is 23.5 Å². The number of anilines is 2. The summed E-state index contributed by atoms with van der Waals surface area (Å²) < 4.78 is 6.10. The van der Waals surface area contributed by atoms with Crippen LogP contribution in [0, 0.1) is 0 Å². The van der Waals surface area contributed by atoms with Crippen molar-refractivity contribution in [1.29, 1.82) is 0 Å². The number of amides is 2. The van der Waals surface area contributed by atoms with Gasteiger partial charge in [-0.1, -0.05) is 34.1 Å². The number of halogens is 1. The Morgan fingerprint density at radius 1 is 0.931 bits per heavy atom. The highest BCUT2D eigenvalue weighted by atomic mass is 79.9. The monoisotopic (exact) mass is 470 g/mol. The van der Waals surface area contributed by atoms with Crippen molar-refractivity contribution in [2.24, 2.45) is 0 Å². The van der Waals surface area contributed by atoms with Gasteiger partial charge in [-0.2, -0.15) is 0 Å². The second-order valence-corrected chi connectivity index (χ2v) is 7.96. The Balaban J connectivity index is 1.63. The third kappa shape index (κ3) is 6.10. The molecule has 0 aliphatic heterocycles. The predicted molar refractivity (Wildman–Crippen MR) is 121 cm³/mol. The molecule has 0 radical (unpaired) electrons. The van der Waals surface area contributed by atoms with E-state index in [-0.39, 0.29) is 17.6 Å². The number of rotatable bonds is 7. The summed E-state index contributed by atoms with van der Waals surface area (Å²) in [4.78, 5) is 25.7. The van der Waals surface area contributed by atoms with Crippen LogP contribution in [-0.4, -0.2) is 24.7 Å². The Kier molecular flexibility index (Phi) is 7.32. The smallest absolute Gasteiger partial charge is 0.256 e. The molecule has 3 rings (SSSR count). The summed E-state index contributed by atoms with van der Waals surface area (Å²) in [6, 6.07) is 21.8. The maximum atomic E-state index is 12.7. The molecular formula is C22H19BrN2O3S. The van der Waals surface area contributed by atoms with Crippen LogP contribution in [0.4, 0.5) is 11.4 Å². The van der Waals surface area contributed by atoms with Gasteiger partial charge >= 0.3 is 0 Å². The lowest BCUT2D eigenvalue weighted by Crippen LogP contribution is -2.16. The fraction of sp³-hybridized carbons (Fsp3) is 0.0909. The molecule has 0 saturated heterocycles. The first kappa shape index (κ1) is 21.0. The summed E-state index contributed by atoms with van der Waals surface area (Å²) in [6.45, 7) is 0. The van der Waals surface area contributed by atoms with Gasteiger partial charge in [-0.25, -0.2) is 0 Å². The number of carbonyl (C=O) groups excluding carboxylic acids is 2. The predicted octanol–water partition coefficient (Wildman–Crippen LogP) is 5.44. The highest BCUT2D eigenvalue weighted by Gasteiger charge is 2.13. The summed E-state index contributed by atoms with van der Waals surface area (Å²) in [6.07, 6.45) is 0. The number of methoxy groups -OCH3 is 1. The second kappa shape index (κ2) is 10.1. The molecule has 0 aromatic heterocycles. The van der Waals surface area contributed by atoms with Crippen LogP contribution in [0.15, 0.2) is 82.2 Å². The standard InChI is InChI=1S/C22H19BrN2O3S/c1-28-18-6-4-5-17(13-18)24-21(26)14-29-20-8-3-2-7-19(20)22(27)25-16-11-9-15(23)10-12-16/h2-13H,14H2,1H3,(H,24,26)(H,25,27). The van der Waals surface area contributed by atoms with Gasteiger partial charge in [0.1, 0.15) is 5.75 Å². The van der Waals surface area contributed by atoms with Crippen LogP contribution in [0.5, 0.6) is 5.75 Å². The lowest BCUT2D eigenvalue weighted by Gasteiger charge is -2.11. The summed E-state index contributed by atoms with van der Waals surface area (Å²) in [5, 5.41) is 5.71. The van der Waals surface area contributed by atoms with E-state index in [0.717, 1.165) is 9.37 Å². The van der Waals surface area contributed by atoms with Crippen molar-refractivity contribution in [3.63, 3.8) is 0 Å². The van der Waals surface area contributed by atoms with Gasteiger partial charge in [0.2, 0.25) is 5.91 Å². The normalized spacial score (nSPS) is 10.3. The van der Waals surface area contributed by atoms with E-state index in [1.165, 1.54) is 11.8 Å². The van der Waals surface area contributed by atoms with Gasteiger partial charge in [-0.05, 0) is 48.5 Å². The molecule has 0 bridgehead atoms. The van der Waals surface area contributed by atoms with E-state index < -0.39 is 0 Å². The van der Waals surface area contributed by atoms with E-state index in [4.69, 9.17) is 4.74 Å². The minimum Gasteiger partial charge on any atom is -0.497 e. The third-order valence-electron chi connectivity index (χ3n) is 3.95. The van der Waals surface area contributed by atoms with Crippen LogP contribution < -0.4 is 15.4 Å². The van der Waals surface area contributed by atoms with Crippen molar-refractivity contribution < 1.29 is 14.3 Å². The average molecular weight is 471 g/mol. The lowest BCUT2D eigenvalue weighted by molar-refractivity contribution is -0.113. The van der Waals surface area contributed by atoms with Gasteiger partial charge in [-0.3, -0.25) is 9.59 Å². The third-order valence-corrected chi connectivity index (χ3v) is 5.55. The summed E-state index contributed by atoms with van der Waals surface area (Å²) in [5.74, 6) is 0.472. The number of ether oxygens (including phenoxy) is 1. The zero-order valence-electron chi connectivity index (χ0n) is 15.6. The Hall–Kier alpha value is -2.77. The highest BCUT2D eigenvalue weighted by Crippen LogP contribution is 2.25. The molecule has 0 saturated carbocycles. The first-order chi connectivity index (χ1) is 14.0. The van der Waals surface area contributed by atoms with Gasteiger partial charge in [0, 0.05) is 26.8 Å². The molecule has 0 unspecified atom stereocenters. The Morgan fingerprint density at radius 3 is 2.45 bits per heavy atom. The second-order valence-electron chi connectivity index (χ2n) is 6.03. The van der Waals surface area contributed by atoms with E-state index in [1.54, 1.807) is 31.4 Å². The number of hydrogen-bond donors (Lipinski definition) is 2. The van der Waals surface area contributed by atoms with Crippen molar-refractivity contribution >= 4 is 50.9 Å². The molecule has 7 heteroatoms. The number of benzene rings is 3. The van der Waals surface area contributed by atoms with Crippen LogP contribution >= 0.6 is 27.7 Å². The molecule has 0 aliphatic carbocycles. The molecular weight excluding hydrogens is 452 g/mol. The number of nitrogens with one attached hydrogen (secondary N) is 2. The molecule has 0 heterocycles. The molecule has 29 heavy (non-hydrogen) atoms. The first-order valence-corrected chi connectivity index (χ1v) is 10.6. The topological polar surface area (TPSA) is 67.4 Å². The fourth-order valence-electron chi connectivity index (χ4n) is 2.55. The summed E-state index contributed by atoms with van der Waals surface area (Å²) in [5.41, 5.74) is 1.89.